The van der Waals surface area contributed by atoms with Crippen LogP contribution in [-0.4, -0.2) is 32.3 Å². The Hall–Kier alpha value is -1.55. The van der Waals surface area contributed by atoms with Gasteiger partial charge in [0.15, 0.2) is 6.61 Å². The van der Waals surface area contributed by atoms with Crippen LogP contribution >= 0.6 is 0 Å². The number of unbranched alkanes of at least 4 members (excludes halogenated alkanes) is 1. The van der Waals surface area contributed by atoms with Crippen LogP contribution < -0.4 is 10.1 Å². The van der Waals surface area contributed by atoms with Crippen LogP contribution in [0.2, 0.25) is 0 Å². The molecule has 0 heterocycles. The van der Waals surface area contributed by atoms with Crippen molar-refractivity contribution in [3.05, 3.63) is 29.3 Å². The number of amides is 1. The lowest BCUT2D eigenvalue weighted by Crippen LogP contribution is -2.30. The minimum Gasteiger partial charge on any atom is -0.484 e. The van der Waals surface area contributed by atoms with Gasteiger partial charge in [0.1, 0.15) is 5.75 Å². The largest absolute Gasteiger partial charge is 0.484 e. The highest BCUT2D eigenvalue weighted by Gasteiger charge is 2.04. The third-order valence-electron chi connectivity index (χ3n) is 3.12. The number of carbonyl (C=O) groups is 1. The van der Waals surface area contributed by atoms with E-state index in [-0.39, 0.29) is 12.5 Å². The number of benzene rings is 1. The van der Waals surface area contributed by atoms with Crippen molar-refractivity contribution in [2.24, 2.45) is 0 Å². The van der Waals surface area contributed by atoms with E-state index in [0.717, 1.165) is 37.2 Å². The lowest BCUT2D eigenvalue weighted by atomic mass is 10.1. The fraction of sp³-hybridized carbons (Fsp3) is 0.588. The van der Waals surface area contributed by atoms with Gasteiger partial charge < -0.3 is 14.8 Å². The Morgan fingerprint density at radius 1 is 1.19 bits per heavy atom. The van der Waals surface area contributed by atoms with Gasteiger partial charge in [-0.25, -0.2) is 0 Å². The van der Waals surface area contributed by atoms with Gasteiger partial charge in [-0.3, -0.25) is 4.79 Å². The van der Waals surface area contributed by atoms with Gasteiger partial charge in [-0.1, -0.05) is 31.0 Å². The van der Waals surface area contributed by atoms with Gasteiger partial charge in [-0.05, 0) is 38.3 Å². The first-order valence-corrected chi connectivity index (χ1v) is 7.68. The zero-order chi connectivity index (χ0) is 15.5. The van der Waals surface area contributed by atoms with E-state index >= 15 is 0 Å². The molecule has 0 aliphatic rings. The van der Waals surface area contributed by atoms with Crippen molar-refractivity contribution in [2.75, 3.05) is 26.4 Å². The van der Waals surface area contributed by atoms with E-state index in [2.05, 4.69) is 12.2 Å². The summed E-state index contributed by atoms with van der Waals surface area (Å²) in [6.45, 7) is 8.33. The quantitative estimate of drug-likeness (QED) is 0.675. The van der Waals surface area contributed by atoms with Crippen molar-refractivity contribution in [2.45, 2.75) is 40.0 Å². The second kappa shape index (κ2) is 10.2. The summed E-state index contributed by atoms with van der Waals surface area (Å²) in [6.07, 6.45) is 3.07. The molecule has 0 saturated carbocycles. The van der Waals surface area contributed by atoms with Crippen LogP contribution in [0, 0.1) is 13.8 Å². The highest BCUT2D eigenvalue weighted by molar-refractivity contribution is 5.77. The van der Waals surface area contributed by atoms with Crippen LogP contribution in [0.1, 0.15) is 37.3 Å². The molecule has 21 heavy (non-hydrogen) atoms. The predicted octanol–water partition coefficient (Wildman–Crippen LogP) is 3.01. The molecule has 1 rings (SSSR count). The maximum Gasteiger partial charge on any atom is 0.257 e. The molecule has 0 radical (unpaired) electrons. The molecule has 0 atom stereocenters. The Bertz CT molecular complexity index is 432. The summed E-state index contributed by atoms with van der Waals surface area (Å²) in [5, 5.41) is 2.83. The summed E-state index contributed by atoms with van der Waals surface area (Å²) in [5.74, 6) is 0.669. The number of hydrogen-bond donors (Lipinski definition) is 1. The monoisotopic (exact) mass is 293 g/mol. The van der Waals surface area contributed by atoms with Crippen LogP contribution in [0.3, 0.4) is 0 Å². The molecular weight excluding hydrogens is 266 g/mol. The molecule has 1 aromatic rings. The van der Waals surface area contributed by atoms with Gasteiger partial charge in [-0.2, -0.15) is 0 Å². The maximum atomic E-state index is 11.7. The molecule has 0 unspecified atom stereocenters. The summed E-state index contributed by atoms with van der Waals surface area (Å²) in [6, 6.07) is 5.92. The summed E-state index contributed by atoms with van der Waals surface area (Å²) in [5.41, 5.74) is 2.24. The van der Waals surface area contributed by atoms with Crippen molar-refractivity contribution < 1.29 is 14.3 Å². The number of hydrogen-bond acceptors (Lipinski definition) is 3. The molecule has 1 aromatic carbocycles. The summed E-state index contributed by atoms with van der Waals surface area (Å²) < 4.78 is 10.9. The zero-order valence-electron chi connectivity index (χ0n) is 13.4. The van der Waals surface area contributed by atoms with Gasteiger partial charge in [0.05, 0.1) is 0 Å². The molecule has 0 aromatic heterocycles. The Balaban J connectivity index is 2.11. The van der Waals surface area contributed by atoms with Gasteiger partial charge >= 0.3 is 0 Å². The standard InChI is InChI=1S/C17H27NO3/c1-4-5-10-20-11-6-9-18-17(19)13-21-16-8-7-14(2)12-15(16)3/h7-8,12H,4-6,9-11,13H2,1-3H3,(H,18,19). The van der Waals surface area contributed by atoms with E-state index in [4.69, 9.17) is 9.47 Å². The van der Waals surface area contributed by atoms with Crippen molar-refractivity contribution in [3.8, 4) is 5.75 Å². The van der Waals surface area contributed by atoms with Gasteiger partial charge in [0, 0.05) is 19.8 Å². The molecule has 0 spiro atoms. The van der Waals surface area contributed by atoms with Gasteiger partial charge in [0.2, 0.25) is 0 Å². The smallest absolute Gasteiger partial charge is 0.257 e. The number of aryl methyl sites for hydroxylation is 2. The second-order valence-corrected chi connectivity index (χ2v) is 5.23. The van der Waals surface area contributed by atoms with Crippen LogP contribution in [0.5, 0.6) is 5.75 Å². The molecule has 0 saturated heterocycles. The van der Waals surface area contributed by atoms with E-state index in [9.17, 15) is 4.79 Å². The van der Waals surface area contributed by atoms with E-state index in [0.29, 0.717) is 13.2 Å². The van der Waals surface area contributed by atoms with Crippen molar-refractivity contribution in [1.82, 2.24) is 5.32 Å². The molecule has 118 valence electrons. The minimum absolute atomic E-state index is 0.0561. The molecule has 1 amide bonds. The Labute approximate surface area is 127 Å². The fourth-order valence-electron chi connectivity index (χ4n) is 1.91. The Kier molecular flexibility index (Phi) is 8.51. The summed E-state index contributed by atoms with van der Waals surface area (Å²) >= 11 is 0. The Morgan fingerprint density at radius 3 is 2.67 bits per heavy atom. The molecule has 1 N–H and O–H groups in total. The molecule has 0 aliphatic heterocycles. The number of rotatable bonds is 10. The molecule has 0 aliphatic carbocycles. The summed E-state index contributed by atoms with van der Waals surface area (Å²) in [4.78, 5) is 11.7. The normalized spacial score (nSPS) is 10.4. The van der Waals surface area contributed by atoms with Crippen molar-refractivity contribution in [3.63, 3.8) is 0 Å². The van der Waals surface area contributed by atoms with Crippen molar-refractivity contribution >= 4 is 5.91 Å². The Morgan fingerprint density at radius 2 is 1.95 bits per heavy atom. The van der Waals surface area contributed by atoms with Crippen LogP contribution in [-0.2, 0) is 9.53 Å². The minimum atomic E-state index is -0.0940. The van der Waals surface area contributed by atoms with Crippen LogP contribution in [0.25, 0.3) is 0 Å². The van der Waals surface area contributed by atoms with Gasteiger partial charge in [0.25, 0.3) is 5.91 Å². The first-order chi connectivity index (χ1) is 10.1. The summed E-state index contributed by atoms with van der Waals surface area (Å²) in [7, 11) is 0. The third-order valence-corrected chi connectivity index (χ3v) is 3.12. The predicted molar refractivity (Wildman–Crippen MR) is 84.8 cm³/mol. The lowest BCUT2D eigenvalue weighted by molar-refractivity contribution is -0.123. The number of nitrogens with one attached hydrogen (secondary N) is 1. The second-order valence-electron chi connectivity index (χ2n) is 5.23. The average Bonchev–Trinajstić information content (AvgIpc) is 2.45. The fourth-order valence-corrected chi connectivity index (χ4v) is 1.91. The van der Waals surface area contributed by atoms with E-state index in [1.165, 1.54) is 5.56 Å². The van der Waals surface area contributed by atoms with E-state index < -0.39 is 0 Å². The maximum absolute atomic E-state index is 11.7. The highest BCUT2D eigenvalue weighted by atomic mass is 16.5. The SMILES string of the molecule is CCCCOCCCNC(=O)COc1ccc(C)cc1C. The van der Waals surface area contributed by atoms with Crippen LogP contribution in [0.4, 0.5) is 0 Å². The van der Waals surface area contributed by atoms with Crippen molar-refractivity contribution in [1.29, 1.82) is 0 Å². The molecule has 0 bridgehead atoms. The van der Waals surface area contributed by atoms with Crippen LogP contribution in [0.15, 0.2) is 18.2 Å². The van der Waals surface area contributed by atoms with E-state index in [1.807, 2.05) is 32.0 Å². The van der Waals surface area contributed by atoms with E-state index in [1.54, 1.807) is 0 Å². The van der Waals surface area contributed by atoms with Gasteiger partial charge in [-0.15, -0.1) is 0 Å². The highest BCUT2D eigenvalue weighted by Crippen LogP contribution is 2.18. The average molecular weight is 293 g/mol. The topological polar surface area (TPSA) is 47.6 Å². The molecular formula is C17H27NO3. The number of ether oxygens (including phenoxy) is 2. The zero-order valence-corrected chi connectivity index (χ0v) is 13.4. The number of carbonyl (C=O) groups excluding carboxylic acids is 1. The third kappa shape index (κ3) is 7.71. The molecule has 0 fully saturated rings. The first-order valence-electron chi connectivity index (χ1n) is 7.68. The first kappa shape index (κ1) is 17.5. The molecule has 4 heteroatoms. The molecule has 4 nitrogen and oxygen atoms in total. The lowest BCUT2D eigenvalue weighted by Gasteiger charge is -2.10.